The number of carbonyl (C=O) groups excluding carboxylic acids is 1. The van der Waals surface area contributed by atoms with E-state index in [0.717, 1.165) is 25.3 Å². The van der Waals surface area contributed by atoms with Crippen molar-refractivity contribution in [3.63, 3.8) is 0 Å². The molecule has 0 aliphatic carbocycles. The minimum Gasteiger partial charge on any atom is -0.396 e. The number of amidine groups is 1. The van der Waals surface area contributed by atoms with Gasteiger partial charge in [0.05, 0.1) is 31.6 Å². The smallest absolute Gasteiger partial charge is 0.256 e. The number of benzene rings is 1. The third-order valence-corrected chi connectivity index (χ3v) is 5.37. The van der Waals surface area contributed by atoms with E-state index >= 15 is 0 Å². The molecule has 1 aromatic carbocycles. The zero-order valence-corrected chi connectivity index (χ0v) is 21.5. The molecule has 1 fully saturated rings. The summed E-state index contributed by atoms with van der Waals surface area (Å²) < 4.78 is 5.20. The van der Waals surface area contributed by atoms with Crippen molar-refractivity contribution in [2.45, 2.75) is 13.0 Å². The molecule has 0 radical (unpaired) electrons. The first-order valence-corrected chi connectivity index (χ1v) is 12.4. The molecule has 1 atom stereocenters. The molecule has 2 aromatic rings. The van der Waals surface area contributed by atoms with Gasteiger partial charge in [-0.1, -0.05) is 25.1 Å². The first-order chi connectivity index (χ1) is 17.5. The van der Waals surface area contributed by atoms with Crippen LogP contribution in [0, 0.1) is 0 Å². The number of hydrogen-bond acceptors (Lipinski definition) is 10. The van der Waals surface area contributed by atoms with Crippen molar-refractivity contribution >= 4 is 35.9 Å². The Morgan fingerprint density at radius 2 is 1.97 bits per heavy atom. The van der Waals surface area contributed by atoms with Gasteiger partial charge in [-0.15, -0.1) is 0 Å². The van der Waals surface area contributed by atoms with Gasteiger partial charge >= 0.3 is 0 Å². The number of nitrogens with one attached hydrogen (secondary N) is 2. The number of aliphatic hydroxyl groups is 1. The second kappa shape index (κ2) is 15.6. The summed E-state index contributed by atoms with van der Waals surface area (Å²) in [6.45, 7) is 5.78. The van der Waals surface area contributed by atoms with E-state index in [-0.39, 0.29) is 18.6 Å². The second-order valence-corrected chi connectivity index (χ2v) is 7.55. The third kappa shape index (κ3) is 8.38. The van der Waals surface area contributed by atoms with Crippen LogP contribution in [-0.4, -0.2) is 71.9 Å². The van der Waals surface area contributed by atoms with Crippen LogP contribution in [0.25, 0.3) is 5.70 Å². The van der Waals surface area contributed by atoms with Crippen molar-refractivity contribution in [2.24, 2.45) is 16.5 Å². The number of pyridine rings is 1. The molecule has 7 N–H and O–H groups in total. The maximum absolute atomic E-state index is 12.2. The van der Waals surface area contributed by atoms with Gasteiger partial charge in [0.15, 0.2) is 0 Å². The Morgan fingerprint density at radius 3 is 2.56 bits per heavy atom. The van der Waals surface area contributed by atoms with Gasteiger partial charge < -0.3 is 31.9 Å². The highest BCUT2D eigenvalue weighted by atomic mass is 32.1. The zero-order chi connectivity index (χ0) is 26.3. The number of rotatable bonds is 5. The molecule has 1 saturated heterocycles. The molecule has 10 nitrogen and oxygen atoms in total. The van der Waals surface area contributed by atoms with Gasteiger partial charge in [0, 0.05) is 30.7 Å². The highest BCUT2D eigenvalue weighted by Gasteiger charge is 2.19. The number of carbonyl (C=O) groups is 1. The monoisotopic (exact) mass is 513 g/mol. The van der Waals surface area contributed by atoms with Crippen molar-refractivity contribution in [1.29, 1.82) is 0 Å². The van der Waals surface area contributed by atoms with Crippen LogP contribution in [0.15, 0.2) is 71.8 Å². The van der Waals surface area contributed by atoms with Crippen LogP contribution in [0.3, 0.4) is 0 Å². The Bertz CT molecular complexity index is 1030. The summed E-state index contributed by atoms with van der Waals surface area (Å²) in [4.78, 5) is 22.5. The van der Waals surface area contributed by atoms with Crippen LogP contribution in [0.2, 0.25) is 0 Å². The average Bonchev–Trinajstić information content (AvgIpc) is 2.95. The Morgan fingerprint density at radius 1 is 1.25 bits per heavy atom. The van der Waals surface area contributed by atoms with E-state index in [1.54, 1.807) is 67.3 Å². The highest BCUT2D eigenvalue weighted by molar-refractivity contribution is 7.79. The first-order valence-electron chi connectivity index (χ1n) is 11.5. The van der Waals surface area contributed by atoms with E-state index in [4.69, 9.17) is 21.3 Å². The molecular formula is C25H35N7O3S. The number of likely N-dealkylation sites (N-methyl/N-ethyl adjacent to an activating group) is 1. The predicted octanol–water partition coefficient (Wildman–Crippen LogP) is 1.64. The quantitative estimate of drug-likeness (QED) is 0.330. The maximum Gasteiger partial charge on any atom is 0.256 e. The molecule has 0 spiro atoms. The molecule has 1 aromatic heterocycles. The number of morpholine rings is 1. The number of thiol groups is 1. The van der Waals surface area contributed by atoms with Gasteiger partial charge in [-0.3, -0.25) is 9.69 Å². The summed E-state index contributed by atoms with van der Waals surface area (Å²) >= 11 is 3.53. The molecule has 11 heteroatoms. The Labute approximate surface area is 217 Å². The summed E-state index contributed by atoms with van der Waals surface area (Å²) in [6, 6.07) is 12.4. The molecule has 0 saturated carbocycles. The third-order valence-electron chi connectivity index (χ3n) is 5.37. The van der Waals surface area contributed by atoms with Gasteiger partial charge in [-0.25, -0.2) is 9.98 Å². The van der Waals surface area contributed by atoms with Crippen molar-refractivity contribution < 1.29 is 14.6 Å². The standard InChI is InChI=1S/C17H16N6O.C7H15NO2.CH4S/c18-14(15-16(19)22-10-9-21-15)11-4-6-12(7-5-11)17(24)23-13-3-1-2-8-20-13;1-2-8-3-4-10-6-7(8)5-9;1-2/h1-10,21H,18H2,(H2,19,22)(H,20,23,24);7,9H,2-6H2,1H3;2H,1H3/b15-14-;;/t;7-;/m.0./s1. The van der Waals surface area contributed by atoms with Crippen LogP contribution in [-0.2, 0) is 4.74 Å². The summed E-state index contributed by atoms with van der Waals surface area (Å²) in [5.74, 6) is 0.564. The SMILES string of the molecule is CCN1CCOC[C@@H]1CO.CS.NC1=NC=CN/C1=C(\N)c1ccc(C(=O)Nc2ccccn2)cc1. The van der Waals surface area contributed by atoms with Gasteiger partial charge in [-0.2, -0.15) is 12.6 Å². The van der Waals surface area contributed by atoms with Crippen molar-refractivity contribution in [2.75, 3.05) is 44.5 Å². The molecule has 4 rings (SSSR count). The Hall–Kier alpha value is -3.38. The first kappa shape index (κ1) is 28.9. The minimum absolute atomic E-state index is 0.216. The van der Waals surface area contributed by atoms with Crippen LogP contribution in [0.4, 0.5) is 5.82 Å². The normalized spacial score (nSPS) is 18.3. The van der Waals surface area contributed by atoms with E-state index in [1.807, 2.05) is 0 Å². The van der Waals surface area contributed by atoms with E-state index in [1.165, 1.54) is 0 Å². The molecule has 2 aliphatic rings. The molecule has 1 amide bonds. The number of aliphatic imine (C=N–C) groups is 1. The molecular weight excluding hydrogens is 478 g/mol. The van der Waals surface area contributed by atoms with Crippen LogP contribution >= 0.6 is 12.6 Å². The van der Waals surface area contributed by atoms with E-state index in [9.17, 15) is 4.79 Å². The fraction of sp³-hybridized carbons (Fsp3) is 0.320. The molecule has 0 bridgehead atoms. The van der Waals surface area contributed by atoms with Gasteiger partial charge in [0.25, 0.3) is 5.91 Å². The minimum atomic E-state index is -0.244. The summed E-state index contributed by atoms with van der Waals surface area (Å²) in [5, 5.41) is 14.6. The molecule has 3 heterocycles. The van der Waals surface area contributed by atoms with Gasteiger partial charge in [0.1, 0.15) is 17.4 Å². The summed E-state index contributed by atoms with van der Waals surface area (Å²) in [7, 11) is 0. The molecule has 0 unspecified atom stereocenters. The maximum atomic E-state index is 12.2. The lowest BCUT2D eigenvalue weighted by molar-refractivity contribution is -0.0248. The number of hydrogen-bond donors (Lipinski definition) is 6. The van der Waals surface area contributed by atoms with Crippen LogP contribution < -0.4 is 22.1 Å². The number of nitrogens with two attached hydrogens (primary N) is 2. The largest absolute Gasteiger partial charge is 0.396 e. The Balaban J connectivity index is 0.000000318. The van der Waals surface area contributed by atoms with Crippen molar-refractivity contribution in [3.8, 4) is 0 Å². The fourth-order valence-corrected chi connectivity index (χ4v) is 3.44. The number of amides is 1. The number of anilines is 1. The summed E-state index contributed by atoms with van der Waals surface area (Å²) in [5.41, 5.74) is 14.2. The zero-order valence-electron chi connectivity index (χ0n) is 20.6. The number of nitrogens with zero attached hydrogens (tertiary/aromatic N) is 3. The average molecular weight is 514 g/mol. The van der Waals surface area contributed by atoms with Crippen molar-refractivity contribution in [1.82, 2.24) is 15.2 Å². The van der Waals surface area contributed by atoms with Gasteiger partial charge in [-0.05, 0) is 42.6 Å². The highest BCUT2D eigenvalue weighted by Crippen LogP contribution is 2.16. The lowest BCUT2D eigenvalue weighted by Gasteiger charge is -2.33. The second-order valence-electron chi connectivity index (χ2n) is 7.55. The topological polar surface area (TPSA) is 151 Å². The van der Waals surface area contributed by atoms with Crippen LogP contribution in [0.5, 0.6) is 0 Å². The lowest BCUT2D eigenvalue weighted by Crippen LogP contribution is -2.47. The molecule has 194 valence electrons. The van der Waals surface area contributed by atoms with E-state index in [0.29, 0.717) is 35.2 Å². The number of aromatic nitrogens is 1. The van der Waals surface area contributed by atoms with Crippen molar-refractivity contribution in [3.05, 3.63) is 77.9 Å². The Kier molecular flexibility index (Phi) is 12.5. The molecule has 2 aliphatic heterocycles. The number of ether oxygens (including phenoxy) is 1. The lowest BCUT2D eigenvalue weighted by atomic mass is 10.1. The predicted molar refractivity (Wildman–Crippen MR) is 147 cm³/mol. The molecule has 36 heavy (non-hydrogen) atoms. The van der Waals surface area contributed by atoms with Crippen LogP contribution in [0.1, 0.15) is 22.8 Å². The van der Waals surface area contributed by atoms with Gasteiger partial charge in [0.2, 0.25) is 0 Å². The number of aliphatic hydroxyl groups excluding tert-OH is 1. The van der Waals surface area contributed by atoms with E-state index < -0.39 is 0 Å². The summed E-state index contributed by atoms with van der Waals surface area (Å²) in [6.07, 6.45) is 6.51. The fourth-order valence-electron chi connectivity index (χ4n) is 3.44. The van der Waals surface area contributed by atoms with E-state index in [2.05, 4.69) is 45.1 Å².